The molecule has 2 N–H and O–H groups in total. The summed E-state index contributed by atoms with van der Waals surface area (Å²) in [5, 5.41) is 4.15. The van der Waals surface area contributed by atoms with Crippen LogP contribution in [0.2, 0.25) is 0 Å². The Kier molecular flexibility index (Phi) is 5.15. The number of rotatable bonds is 6. The van der Waals surface area contributed by atoms with Gasteiger partial charge >= 0.3 is 0 Å². The van der Waals surface area contributed by atoms with Crippen LogP contribution in [0.15, 0.2) is 17.1 Å². The van der Waals surface area contributed by atoms with Gasteiger partial charge in [0, 0.05) is 25.7 Å². The topological polar surface area (TPSA) is 64.2 Å². The maximum absolute atomic E-state index is 11.8. The van der Waals surface area contributed by atoms with E-state index in [-0.39, 0.29) is 11.6 Å². The average molecular weight is 238 g/mol. The Bertz CT molecular complexity index is 402. The maximum Gasteiger partial charge on any atom is 0.268 e. The largest absolute Gasteiger partial charge is 0.373 e. The van der Waals surface area contributed by atoms with Crippen LogP contribution < -0.4 is 16.2 Å². The van der Waals surface area contributed by atoms with Gasteiger partial charge in [0.2, 0.25) is 0 Å². The van der Waals surface area contributed by atoms with E-state index in [1.807, 2.05) is 18.9 Å². The van der Waals surface area contributed by atoms with Gasteiger partial charge in [-0.15, -0.1) is 0 Å². The van der Waals surface area contributed by atoms with E-state index >= 15 is 0 Å². The van der Waals surface area contributed by atoms with Crippen LogP contribution in [0.5, 0.6) is 0 Å². The molecule has 1 atom stereocenters. The molecule has 1 heterocycles. The van der Waals surface area contributed by atoms with Crippen LogP contribution in [0.25, 0.3) is 0 Å². The van der Waals surface area contributed by atoms with E-state index < -0.39 is 0 Å². The summed E-state index contributed by atoms with van der Waals surface area (Å²) < 4.78 is 1.43. The van der Waals surface area contributed by atoms with Gasteiger partial charge in [-0.1, -0.05) is 13.8 Å². The minimum Gasteiger partial charge on any atom is -0.373 e. The second kappa shape index (κ2) is 6.39. The number of hydrogen-bond acceptors (Lipinski definition) is 4. The second-order valence-corrected chi connectivity index (χ2v) is 4.32. The van der Waals surface area contributed by atoms with Gasteiger partial charge in [0.05, 0.1) is 18.4 Å². The normalized spacial score (nSPS) is 12.5. The highest BCUT2D eigenvalue weighted by atomic mass is 16.1. The second-order valence-electron chi connectivity index (χ2n) is 4.32. The molecule has 17 heavy (non-hydrogen) atoms. The summed E-state index contributed by atoms with van der Waals surface area (Å²) in [6.07, 6.45) is 3.60. The average Bonchev–Trinajstić information content (AvgIpc) is 2.31. The molecule has 1 unspecified atom stereocenters. The van der Waals surface area contributed by atoms with E-state index in [0.29, 0.717) is 6.54 Å². The Balaban J connectivity index is 2.82. The van der Waals surface area contributed by atoms with Gasteiger partial charge in [-0.05, 0) is 12.8 Å². The molecule has 5 heteroatoms. The molecule has 0 aliphatic carbocycles. The lowest BCUT2D eigenvalue weighted by atomic mass is 10.2. The van der Waals surface area contributed by atoms with Gasteiger partial charge in [-0.25, -0.2) is 4.68 Å². The van der Waals surface area contributed by atoms with E-state index in [0.717, 1.165) is 25.1 Å². The molecule has 1 rings (SSSR count). The molecule has 96 valence electrons. The zero-order valence-electron chi connectivity index (χ0n) is 10.9. The molecule has 0 saturated carbocycles. The van der Waals surface area contributed by atoms with Crippen LogP contribution in [0.4, 0.5) is 5.69 Å². The highest BCUT2D eigenvalue weighted by molar-refractivity contribution is 5.41. The standard InChI is InChI=1S/C12H22N4O/c1-4-6-15(3)11-7-12(17)16(14-8-11)9-10(13)5-2/h7-8,10H,4-6,9,13H2,1-3H3. The summed E-state index contributed by atoms with van der Waals surface area (Å²) in [7, 11) is 1.96. The van der Waals surface area contributed by atoms with E-state index in [2.05, 4.69) is 12.0 Å². The first-order chi connectivity index (χ1) is 8.08. The van der Waals surface area contributed by atoms with Gasteiger partial charge in [-0.2, -0.15) is 5.10 Å². The van der Waals surface area contributed by atoms with Crippen molar-refractivity contribution in [2.45, 2.75) is 39.3 Å². The van der Waals surface area contributed by atoms with Crippen molar-refractivity contribution in [3.63, 3.8) is 0 Å². The van der Waals surface area contributed by atoms with Gasteiger partial charge < -0.3 is 10.6 Å². The first-order valence-electron chi connectivity index (χ1n) is 6.12. The van der Waals surface area contributed by atoms with Gasteiger partial charge in [-0.3, -0.25) is 4.79 Å². The molecule has 0 bridgehead atoms. The minimum absolute atomic E-state index is 0.0144. The fourth-order valence-electron chi connectivity index (χ4n) is 1.59. The van der Waals surface area contributed by atoms with E-state index in [4.69, 9.17) is 5.73 Å². The third kappa shape index (κ3) is 3.85. The Morgan fingerprint density at radius 2 is 2.24 bits per heavy atom. The van der Waals surface area contributed by atoms with Crippen LogP contribution in [-0.4, -0.2) is 29.4 Å². The Labute approximate surface area is 102 Å². The van der Waals surface area contributed by atoms with Crippen molar-refractivity contribution in [3.05, 3.63) is 22.6 Å². The Morgan fingerprint density at radius 3 is 2.76 bits per heavy atom. The van der Waals surface area contributed by atoms with E-state index in [1.54, 1.807) is 12.3 Å². The SMILES string of the molecule is CCCN(C)c1cnn(CC(N)CC)c(=O)c1. The van der Waals surface area contributed by atoms with Crippen LogP contribution in [0, 0.1) is 0 Å². The predicted octanol–water partition coefficient (Wildman–Crippen LogP) is 0.827. The summed E-state index contributed by atoms with van der Waals surface area (Å²) >= 11 is 0. The monoisotopic (exact) mass is 238 g/mol. The molecular formula is C12H22N4O. The third-order valence-corrected chi connectivity index (χ3v) is 2.79. The number of nitrogens with two attached hydrogens (primary N) is 1. The summed E-state index contributed by atoms with van der Waals surface area (Å²) in [6, 6.07) is 1.60. The van der Waals surface area contributed by atoms with Crippen LogP contribution in [0.1, 0.15) is 26.7 Å². The van der Waals surface area contributed by atoms with Crippen molar-refractivity contribution >= 4 is 5.69 Å². The zero-order valence-corrected chi connectivity index (χ0v) is 10.9. The Hall–Kier alpha value is -1.36. The first kappa shape index (κ1) is 13.7. The maximum atomic E-state index is 11.8. The number of nitrogens with zero attached hydrogens (tertiary/aromatic N) is 3. The molecule has 0 fully saturated rings. The lowest BCUT2D eigenvalue weighted by molar-refractivity contribution is 0.480. The van der Waals surface area contributed by atoms with Crippen molar-refractivity contribution in [1.29, 1.82) is 0 Å². The molecule has 1 aromatic heterocycles. The number of hydrogen-bond donors (Lipinski definition) is 1. The van der Waals surface area contributed by atoms with Crippen molar-refractivity contribution in [2.75, 3.05) is 18.5 Å². The Morgan fingerprint density at radius 1 is 1.53 bits per heavy atom. The fraction of sp³-hybridized carbons (Fsp3) is 0.667. The molecule has 0 aromatic carbocycles. The van der Waals surface area contributed by atoms with E-state index in [1.165, 1.54) is 4.68 Å². The van der Waals surface area contributed by atoms with E-state index in [9.17, 15) is 4.79 Å². The minimum atomic E-state index is -0.0886. The highest BCUT2D eigenvalue weighted by Gasteiger charge is 2.06. The molecule has 5 nitrogen and oxygen atoms in total. The zero-order chi connectivity index (χ0) is 12.8. The quantitative estimate of drug-likeness (QED) is 0.797. The molecular weight excluding hydrogens is 216 g/mol. The smallest absolute Gasteiger partial charge is 0.268 e. The van der Waals surface area contributed by atoms with Crippen molar-refractivity contribution < 1.29 is 0 Å². The molecule has 0 aliphatic heterocycles. The number of anilines is 1. The van der Waals surface area contributed by atoms with Crippen molar-refractivity contribution in [3.8, 4) is 0 Å². The van der Waals surface area contributed by atoms with Crippen LogP contribution in [0.3, 0.4) is 0 Å². The lowest BCUT2D eigenvalue weighted by Gasteiger charge is -2.18. The third-order valence-electron chi connectivity index (χ3n) is 2.79. The van der Waals surface area contributed by atoms with Gasteiger partial charge in [0.15, 0.2) is 0 Å². The molecule has 0 spiro atoms. The number of aromatic nitrogens is 2. The molecule has 0 radical (unpaired) electrons. The fourth-order valence-corrected chi connectivity index (χ4v) is 1.59. The lowest BCUT2D eigenvalue weighted by Crippen LogP contribution is -2.33. The molecule has 0 saturated heterocycles. The molecule has 1 aromatic rings. The predicted molar refractivity (Wildman–Crippen MR) is 70.3 cm³/mol. The van der Waals surface area contributed by atoms with Crippen molar-refractivity contribution in [1.82, 2.24) is 9.78 Å². The summed E-state index contributed by atoms with van der Waals surface area (Å²) in [5.74, 6) is 0. The summed E-state index contributed by atoms with van der Waals surface area (Å²) in [4.78, 5) is 13.8. The molecule has 0 amide bonds. The van der Waals surface area contributed by atoms with Crippen LogP contribution >= 0.6 is 0 Å². The van der Waals surface area contributed by atoms with Crippen molar-refractivity contribution in [2.24, 2.45) is 5.73 Å². The first-order valence-corrected chi connectivity index (χ1v) is 6.12. The van der Waals surface area contributed by atoms with Gasteiger partial charge in [0.25, 0.3) is 5.56 Å². The molecule has 0 aliphatic rings. The van der Waals surface area contributed by atoms with Crippen LogP contribution in [-0.2, 0) is 6.54 Å². The van der Waals surface area contributed by atoms with Gasteiger partial charge in [0.1, 0.15) is 0 Å². The summed E-state index contributed by atoms with van der Waals surface area (Å²) in [5.41, 5.74) is 6.58. The highest BCUT2D eigenvalue weighted by Crippen LogP contribution is 2.07. The summed E-state index contributed by atoms with van der Waals surface area (Å²) in [6.45, 7) is 5.50.